The Labute approximate surface area is 165 Å². The Hall–Kier alpha value is -2.57. The Balaban J connectivity index is 1.69. The molecular formula is C24H23NOS. The van der Waals surface area contributed by atoms with E-state index in [-0.39, 0.29) is 6.10 Å². The molecule has 27 heavy (non-hydrogen) atoms. The lowest BCUT2D eigenvalue weighted by atomic mass is 9.99. The molecule has 0 fully saturated rings. The number of hydrogen-bond donors (Lipinski definition) is 0. The minimum absolute atomic E-state index is 0.0944. The van der Waals surface area contributed by atoms with Gasteiger partial charge in [0.25, 0.3) is 0 Å². The summed E-state index contributed by atoms with van der Waals surface area (Å²) in [6.07, 6.45) is 10.2. The van der Waals surface area contributed by atoms with Crippen molar-refractivity contribution in [3.05, 3.63) is 59.3 Å². The second-order valence-electron chi connectivity index (χ2n) is 7.36. The Morgan fingerprint density at radius 3 is 2.89 bits per heavy atom. The normalized spacial score (nSPS) is 15.6. The van der Waals surface area contributed by atoms with E-state index in [1.165, 1.54) is 28.0 Å². The van der Waals surface area contributed by atoms with E-state index in [0.29, 0.717) is 5.92 Å². The summed E-state index contributed by atoms with van der Waals surface area (Å²) in [4.78, 5) is 5.91. The fraction of sp³-hybridized carbons (Fsp3) is 0.292. The first-order chi connectivity index (χ1) is 13.1. The molecule has 0 radical (unpaired) electrons. The third kappa shape index (κ3) is 3.38. The van der Waals surface area contributed by atoms with Gasteiger partial charge in [-0.05, 0) is 67.5 Å². The molecular weight excluding hydrogens is 350 g/mol. The lowest BCUT2D eigenvalue weighted by Gasteiger charge is -2.12. The van der Waals surface area contributed by atoms with Gasteiger partial charge in [0.2, 0.25) is 0 Å². The maximum absolute atomic E-state index is 5.80. The number of thiazole rings is 1. The molecule has 2 nitrogen and oxygen atoms in total. The molecule has 3 heteroatoms. The van der Waals surface area contributed by atoms with E-state index >= 15 is 0 Å². The standard InChI is InChI=1S/C24H23NOS/c1-5-17-13-18(10-12-22(17)26-15(2)3)24-25-14-23(27-24)21-8-6-7-19-16(4)9-11-20(19)21/h1,6-8,10,12-16H,9,11H2,2-4H3. The Morgan fingerprint density at radius 2 is 2.11 bits per heavy atom. The largest absolute Gasteiger partial charge is 0.490 e. The summed E-state index contributed by atoms with van der Waals surface area (Å²) in [7, 11) is 0. The van der Waals surface area contributed by atoms with E-state index in [9.17, 15) is 0 Å². The quantitative estimate of drug-likeness (QED) is 0.501. The molecule has 0 saturated carbocycles. The van der Waals surface area contributed by atoms with Crippen LogP contribution in [0.4, 0.5) is 0 Å². The van der Waals surface area contributed by atoms with Gasteiger partial charge in [0.05, 0.1) is 16.5 Å². The molecule has 0 saturated heterocycles. The number of aromatic nitrogens is 1. The van der Waals surface area contributed by atoms with Gasteiger partial charge in [-0.1, -0.05) is 31.0 Å². The molecule has 0 aliphatic heterocycles. The van der Waals surface area contributed by atoms with Crippen LogP contribution in [0.25, 0.3) is 21.0 Å². The number of benzene rings is 2. The van der Waals surface area contributed by atoms with Crippen LogP contribution in [0.1, 0.15) is 49.8 Å². The van der Waals surface area contributed by atoms with Crippen molar-refractivity contribution >= 4 is 11.3 Å². The van der Waals surface area contributed by atoms with E-state index in [0.717, 1.165) is 28.3 Å². The maximum atomic E-state index is 5.80. The fourth-order valence-electron chi connectivity index (χ4n) is 3.76. The molecule has 4 rings (SSSR count). The molecule has 136 valence electrons. The fourth-order valence-corrected chi connectivity index (χ4v) is 4.72. The average Bonchev–Trinajstić information content (AvgIpc) is 3.29. The smallest absolute Gasteiger partial charge is 0.135 e. The van der Waals surface area contributed by atoms with Crippen LogP contribution in [0.3, 0.4) is 0 Å². The Morgan fingerprint density at radius 1 is 1.26 bits per heavy atom. The van der Waals surface area contributed by atoms with E-state index in [2.05, 4.69) is 36.0 Å². The molecule has 2 aromatic carbocycles. The highest BCUT2D eigenvalue weighted by Gasteiger charge is 2.22. The zero-order valence-corrected chi connectivity index (χ0v) is 16.8. The molecule has 0 bridgehead atoms. The zero-order chi connectivity index (χ0) is 19.0. The third-order valence-electron chi connectivity index (χ3n) is 5.09. The van der Waals surface area contributed by atoms with Crippen LogP contribution < -0.4 is 4.74 Å². The monoisotopic (exact) mass is 373 g/mol. The lowest BCUT2D eigenvalue weighted by molar-refractivity contribution is 0.242. The van der Waals surface area contributed by atoms with Crippen molar-refractivity contribution in [1.29, 1.82) is 0 Å². The SMILES string of the molecule is C#Cc1cc(-c2ncc(-c3cccc4c3CCC4C)s2)ccc1OC(C)C. The van der Waals surface area contributed by atoms with Crippen molar-refractivity contribution < 1.29 is 4.74 Å². The van der Waals surface area contributed by atoms with Crippen LogP contribution in [0.5, 0.6) is 5.75 Å². The number of hydrogen-bond acceptors (Lipinski definition) is 3. The minimum Gasteiger partial charge on any atom is -0.490 e. The molecule has 1 aliphatic rings. The third-order valence-corrected chi connectivity index (χ3v) is 6.17. The predicted octanol–water partition coefficient (Wildman–Crippen LogP) is 6.30. The molecule has 3 aromatic rings. The lowest BCUT2D eigenvalue weighted by Crippen LogP contribution is -2.06. The van der Waals surface area contributed by atoms with Crippen molar-refractivity contribution in [1.82, 2.24) is 4.98 Å². The second-order valence-corrected chi connectivity index (χ2v) is 8.40. The van der Waals surface area contributed by atoms with Gasteiger partial charge in [0.15, 0.2) is 0 Å². The summed E-state index contributed by atoms with van der Waals surface area (Å²) in [6.45, 7) is 6.32. The van der Waals surface area contributed by atoms with Gasteiger partial charge in [0.1, 0.15) is 10.8 Å². The van der Waals surface area contributed by atoms with Crippen LogP contribution in [0.2, 0.25) is 0 Å². The summed E-state index contributed by atoms with van der Waals surface area (Å²) in [5.74, 6) is 4.14. The highest BCUT2D eigenvalue weighted by Crippen LogP contribution is 2.41. The van der Waals surface area contributed by atoms with Gasteiger partial charge >= 0.3 is 0 Å². The van der Waals surface area contributed by atoms with Crippen molar-refractivity contribution in [2.45, 2.75) is 45.6 Å². The van der Waals surface area contributed by atoms with Gasteiger partial charge in [-0.25, -0.2) is 4.98 Å². The second kappa shape index (κ2) is 7.21. The first-order valence-corrected chi connectivity index (χ1v) is 10.2. The number of terminal acetylenes is 1. The van der Waals surface area contributed by atoms with E-state index in [4.69, 9.17) is 11.2 Å². The van der Waals surface area contributed by atoms with Crippen molar-refractivity contribution in [2.24, 2.45) is 0 Å². The summed E-state index contributed by atoms with van der Waals surface area (Å²) < 4.78 is 5.80. The predicted molar refractivity (Wildman–Crippen MR) is 113 cm³/mol. The van der Waals surface area contributed by atoms with Gasteiger partial charge in [0, 0.05) is 11.8 Å². The van der Waals surface area contributed by atoms with Crippen LogP contribution >= 0.6 is 11.3 Å². The molecule has 1 heterocycles. The highest BCUT2D eigenvalue weighted by molar-refractivity contribution is 7.18. The Bertz CT molecular complexity index is 1030. The zero-order valence-electron chi connectivity index (χ0n) is 16.0. The molecule has 1 unspecified atom stereocenters. The van der Waals surface area contributed by atoms with E-state index < -0.39 is 0 Å². The van der Waals surface area contributed by atoms with E-state index in [1.54, 1.807) is 11.3 Å². The van der Waals surface area contributed by atoms with E-state index in [1.807, 2.05) is 38.2 Å². The topological polar surface area (TPSA) is 22.1 Å². The minimum atomic E-state index is 0.0944. The molecule has 1 aromatic heterocycles. The average molecular weight is 374 g/mol. The van der Waals surface area contributed by atoms with Crippen molar-refractivity contribution in [3.63, 3.8) is 0 Å². The first kappa shape index (κ1) is 17.8. The first-order valence-electron chi connectivity index (χ1n) is 9.42. The van der Waals surface area contributed by atoms with Crippen molar-refractivity contribution in [3.8, 4) is 39.1 Å². The van der Waals surface area contributed by atoms with Crippen molar-refractivity contribution in [2.75, 3.05) is 0 Å². The number of rotatable bonds is 4. The van der Waals surface area contributed by atoms with Gasteiger partial charge in [-0.3, -0.25) is 0 Å². The Kier molecular flexibility index (Phi) is 4.76. The highest BCUT2D eigenvalue weighted by atomic mass is 32.1. The molecule has 0 spiro atoms. The number of fused-ring (bicyclic) bond motifs is 1. The van der Waals surface area contributed by atoms with Crippen LogP contribution in [0, 0.1) is 12.3 Å². The summed E-state index contributed by atoms with van der Waals surface area (Å²) in [6, 6.07) is 12.7. The maximum Gasteiger partial charge on any atom is 0.135 e. The van der Waals surface area contributed by atoms with Crippen LogP contribution in [-0.4, -0.2) is 11.1 Å². The number of ether oxygens (including phenoxy) is 1. The summed E-state index contributed by atoms with van der Waals surface area (Å²) in [5, 5.41) is 0.987. The molecule has 0 N–H and O–H groups in total. The molecule has 1 aliphatic carbocycles. The van der Waals surface area contributed by atoms with Crippen LogP contribution in [0.15, 0.2) is 42.6 Å². The van der Waals surface area contributed by atoms with Gasteiger partial charge in [-0.2, -0.15) is 0 Å². The summed E-state index contributed by atoms with van der Waals surface area (Å²) in [5.41, 5.74) is 6.12. The van der Waals surface area contributed by atoms with Gasteiger partial charge < -0.3 is 4.74 Å². The summed E-state index contributed by atoms with van der Waals surface area (Å²) >= 11 is 1.72. The van der Waals surface area contributed by atoms with Gasteiger partial charge in [-0.15, -0.1) is 17.8 Å². The van der Waals surface area contributed by atoms with Crippen LogP contribution in [-0.2, 0) is 6.42 Å². The molecule has 1 atom stereocenters. The number of nitrogens with zero attached hydrogens (tertiary/aromatic N) is 1. The molecule has 0 amide bonds.